The number of benzene rings is 2. The van der Waals surface area contributed by atoms with Crippen molar-refractivity contribution in [3.8, 4) is 5.75 Å². The first-order valence-corrected chi connectivity index (χ1v) is 18.5. The number of methoxy groups -OCH3 is 1. The van der Waals surface area contributed by atoms with Crippen LogP contribution in [0.3, 0.4) is 0 Å². The van der Waals surface area contributed by atoms with Crippen molar-refractivity contribution in [2.24, 2.45) is 11.4 Å². The van der Waals surface area contributed by atoms with Gasteiger partial charge in [-0.2, -0.15) is 0 Å². The molecule has 0 saturated heterocycles. The number of hydrogen-bond donors (Lipinski definition) is 1. The van der Waals surface area contributed by atoms with Crippen molar-refractivity contribution in [1.29, 1.82) is 0 Å². The van der Waals surface area contributed by atoms with Crippen LogP contribution in [0.25, 0.3) is 0 Å². The predicted octanol–water partition coefficient (Wildman–Crippen LogP) is 9.39. The molecule has 44 heavy (non-hydrogen) atoms. The maximum absolute atomic E-state index is 13.2. The fourth-order valence-corrected chi connectivity index (χ4v) is 7.88. The van der Waals surface area contributed by atoms with E-state index in [-0.39, 0.29) is 17.1 Å². The average molecular weight is 676 g/mol. The molecule has 11 heteroatoms. The number of unbranched alkanes of at least 4 members (excludes halogenated alkanes) is 2. The summed E-state index contributed by atoms with van der Waals surface area (Å²) in [4.78, 5) is 14.9. The van der Waals surface area contributed by atoms with Crippen molar-refractivity contribution in [2.45, 2.75) is 96.0 Å². The number of carbonyl (C=O) groups excluding carboxylic acids is 1. The van der Waals surface area contributed by atoms with Gasteiger partial charge in [-0.1, -0.05) is 40.0 Å². The summed E-state index contributed by atoms with van der Waals surface area (Å²) in [5.41, 5.74) is 6.19. The molecule has 0 saturated carbocycles. The molecule has 0 spiro atoms. The average Bonchev–Trinajstić information content (AvgIpc) is 2.99. The fraction of sp³-hybridized carbons (Fsp3) is 0.606. The van der Waals surface area contributed by atoms with Gasteiger partial charge in [0.1, 0.15) is 0 Å². The van der Waals surface area contributed by atoms with Crippen LogP contribution in [0.1, 0.15) is 79.7 Å². The zero-order chi connectivity index (χ0) is 33.4. The monoisotopic (exact) mass is 675 g/mol. The van der Waals surface area contributed by atoms with Crippen molar-refractivity contribution in [2.75, 3.05) is 41.3 Å². The van der Waals surface area contributed by atoms with Gasteiger partial charge >= 0.3 is 206 Å². The number of aryl methyl sites for hydroxylation is 1. The molecule has 252 valence electrons. The minimum absolute atomic E-state index is 0.137. The Labute approximate surface area is 275 Å². The zero-order valence-corrected chi connectivity index (χ0v) is 30.8. The van der Waals surface area contributed by atoms with Gasteiger partial charge in [-0.25, -0.2) is 0 Å². The zero-order valence-electron chi connectivity index (χ0n) is 28.4. The summed E-state index contributed by atoms with van der Waals surface area (Å²) in [5.74, 6) is 1.43. The van der Waals surface area contributed by atoms with E-state index in [1.807, 2.05) is 12.1 Å². The van der Waals surface area contributed by atoms with E-state index < -0.39 is 18.5 Å². The first-order valence-electron chi connectivity index (χ1n) is 15.2. The SMILES string of the molecule is CCCCCOCC(C)CC.CCc1ccc(OCOC)c(Sc2ccc(P(N)(OC)(OC)C(=O)OC(C)(C)C)c(Cl)c2)c1. The molecule has 2 N–H and O–H groups in total. The summed E-state index contributed by atoms with van der Waals surface area (Å²) >= 11 is 8.12. The molecule has 0 aliphatic carbocycles. The molecule has 1 unspecified atom stereocenters. The maximum atomic E-state index is 13.2. The number of hydrogen-bond acceptors (Lipinski definition) is 9. The van der Waals surface area contributed by atoms with Gasteiger partial charge in [-0.05, 0) is 12.3 Å². The molecular formula is C33H55ClNO7PS. The summed E-state index contributed by atoms with van der Waals surface area (Å²) in [6.07, 6.45) is 5.94. The van der Waals surface area contributed by atoms with Crippen LogP contribution in [-0.4, -0.2) is 52.6 Å². The molecule has 2 rings (SSSR count). The minimum atomic E-state index is -4.58. The van der Waals surface area contributed by atoms with Gasteiger partial charge in [0.05, 0.1) is 0 Å². The van der Waals surface area contributed by atoms with Crippen LogP contribution in [0.15, 0.2) is 46.2 Å². The Hall–Kier alpha value is -1.42. The van der Waals surface area contributed by atoms with Gasteiger partial charge in [0, 0.05) is 13.2 Å². The van der Waals surface area contributed by atoms with Crippen LogP contribution < -0.4 is 15.5 Å². The van der Waals surface area contributed by atoms with Crippen LogP contribution in [-0.2, 0) is 29.7 Å². The van der Waals surface area contributed by atoms with Crippen molar-refractivity contribution in [3.63, 3.8) is 0 Å². The Morgan fingerprint density at radius 3 is 2.23 bits per heavy atom. The standard InChI is InChI=1S/C23H33ClNO6PS.C10H22O/c1-8-16-9-11-19(30-15-27-5)21(13-16)33-17-10-12-20(18(24)14-17)32(25,28-6,29-7)22(26)31-23(2,3)4;1-4-6-7-8-11-9-10(3)5-2/h9-14H,8,15,25H2,1-7H3;10H,4-9H2,1-3H3. The topological polar surface area (TPSA) is 98.5 Å². The van der Waals surface area contributed by atoms with E-state index in [0.717, 1.165) is 35.3 Å². The van der Waals surface area contributed by atoms with Crippen LogP contribution in [0.5, 0.6) is 5.75 Å². The van der Waals surface area contributed by atoms with Crippen molar-refractivity contribution >= 4 is 41.6 Å². The van der Waals surface area contributed by atoms with Crippen LogP contribution in [0.4, 0.5) is 4.79 Å². The summed E-state index contributed by atoms with van der Waals surface area (Å²) < 4.78 is 33.0. The molecule has 0 heterocycles. The molecule has 0 aromatic heterocycles. The van der Waals surface area contributed by atoms with E-state index in [2.05, 4.69) is 33.8 Å². The van der Waals surface area contributed by atoms with Gasteiger partial charge in [-0.15, -0.1) is 0 Å². The number of halogens is 1. The van der Waals surface area contributed by atoms with E-state index >= 15 is 0 Å². The van der Waals surface area contributed by atoms with Gasteiger partial charge < -0.3 is 4.74 Å². The fourth-order valence-electron chi connectivity index (χ4n) is 3.84. The van der Waals surface area contributed by atoms with E-state index in [1.54, 1.807) is 46.1 Å². The quantitative estimate of drug-likeness (QED) is 0.0999. The summed E-state index contributed by atoms with van der Waals surface area (Å²) in [7, 11) is -0.372. The number of nitrogens with two attached hydrogens (primary N) is 1. The number of rotatable bonds is 17. The van der Waals surface area contributed by atoms with Crippen LogP contribution in [0.2, 0.25) is 5.02 Å². The first-order chi connectivity index (χ1) is 20.7. The third kappa shape index (κ3) is 12.1. The molecule has 0 aliphatic rings. The van der Waals surface area contributed by atoms with Gasteiger partial charge in [0.15, 0.2) is 0 Å². The third-order valence-corrected chi connectivity index (χ3v) is 11.8. The van der Waals surface area contributed by atoms with E-state index in [1.165, 1.54) is 57.2 Å². The Morgan fingerprint density at radius 1 is 1.02 bits per heavy atom. The van der Waals surface area contributed by atoms with E-state index in [9.17, 15) is 4.79 Å². The molecule has 2 aromatic rings. The molecule has 2 aromatic carbocycles. The first kappa shape index (κ1) is 40.6. The molecule has 0 radical (unpaired) electrons. The van der Waals surface area contributed by atoms with E-state index in [0.29, 0.717) is 5.75 Å². The van der Waals surface area contributed by atoms with Gasteiger partial charge in [0.25, 0.3) is 0 Å². The molecule has 1 atom stereocenters. The van der Waals surface area contributed by atoms with Gasteiger partial charge in [0.2, 0.25) is 0 Å². The molecule has 8 nitrogen and oxygen atoms in total. The second kappa shape index (κ2) is 19.3. The summed E-state index contributed by atoms with van der Waals surface area (Å²) in [5, 5.41) is 0.491. The van der Waals surface area contributed by atoms with Crippen molar-refractivity contribution in [3.05, 3.63) is 47.0 Å². The second-order valence-electron chi connectivity index (χ2n) is 11.6. The normalized spacial score (nSPS) is 13.3. The summed E-state index contributed by atoms with van der Waals surface area (Å²) in [6.45, 7) is 16.0. The molecule has 0 bridgehead atoms. The van der Waals surface area contributed by atoms with Crippen LogP contribution in [0, 0.1) is 5.92 Å². The Kier molecular flexibility index (Phi) is 17.8. The third-order valence-electron chi connectivity index (χ3n) is 6.81. The molecular weight excluding hydrogens is 621 g/mol. The molecule has 0 aliphatic heterocycles. The number of ether oxygens (including phenoxy) is 4. The molecule has 0 amide bonds. The Balaban J connectivity index is 0.000000747. The van der Waals surface area contributed by atoms with Crippen molar-refractivity contribution in [1.82, 2.24) is 0 Å². The van der Waals surface area contributed by atoms with Gasteiger partial charge in [-0.3, -0.25) is 0 Å². The summed E-state index contributed by atoms with van der Waals surface area (Å²) in [6, 6.07) is 11.2. The Bertz CT molecular complexity index is 1160. The predicted molar refractivity (Wildman–Crippen MR) is 185 cm³/mol. The van der Waals surface area contributed by atoms with Crippen molar-refractivity contribution < 1.29 is 32.8 Å². The van der Waals surface area contributed by atoms with E-state index in [4.69, 9.17) is 45.1 Å². The van der Waals surface area contributed by atoms with Crippen LogP contribution >= 0.6 is 30.6 Å². The Morgan fingerprint density at radius 2 is 1.70 bits per heavy atom. The second-order valence-corrected chi connectivity index (χ2v) is 16.7. The number of carbonyl (C=O) groups is 1. The molecule has 0 fully saturated rings.